The molecule has 3 rings (SSSR count). The fourth-order valence-electron chi connectivity index (χ4n) is 3.23. The lowest BCUT2D eigenvalue weighted by atomic mass is 10.2. The molecule has 2 saturated heterocycles. The summed E-state index contributed by atoms with van der Waals surface area (Å²) in [6.45, 7) is 8.21. The molecular formula is C18H27FN4O. The van der Waals surface area contributed by atoms with E-state index in [1.165, 1.54) is 12.1 Å². The van der Waals surface area contributed by atoms with Crippen LogP contribution in [0.25, 0.3) is 0 Å². The number of piperazine rings is 1. The average Bonchev–Trinajstić information content (AvgIpc) is 3.13. The first-order valence-corrected chi connectivity index (χ1v) is 8.91. The first-order chi connectivity index (χ1) is 11.8. The molecule has 2 aliphatic rings. The number of benzene rings is 1. The second kappa shape index (κ2) is 8.33. The van der Waals surface area contributed by atoms with E-state index in [0.29, 0.717) is 0 Å². The zero-order valence-electron chi connectivity index (χ0n) is 14.4. The van der Waals surface area contributed by atoms with Crippen molar-refractivity contribution in [1.29, 1.82) is 0 Å². The molecule has 0 radical (unpaired) electrons. The van der Waals surface area contributed by atoms with Gasteiger partial charge >= 0.3 is 0 Å². The van der Waals surface area contributed by atoms with Gasteiger partial charge in [-0.15, -0.1) is 0 Å². The smallest absolute Gasteiger partial charge is 0.194 e. The van der Waals surface area contributed by atoms with Crippen molar-refractivity contribution in [3.8, 4) is 0 Å². The number of hydrogen-bond donors (Lipinski definition) is 1. The zero-order chi connectivity index (χ0) is 16.8. The van der Waals surface area contributed by atoms with Gasteiger partial charge in [0.2, 0.25) is 0 Å². The van der Waals surface area contributed by atoms with Gasteiger partial charge in [-0.05, 0) is 44.0 Å². The summed E-state index contributed by atoms with van der Waals surface area (Å²) in [5, 5.41) is 3.39. The Labute approximate surface area is 143 Å². The second-order valence-electron chi connectivity index (χ2n) is 6.28. The molecule has 0 amide bonds. The summed E-state index contributed by atoms with van der Waals surface area (Å²) in [4.78, 5) is 9.36. The van der Waals surface area contributed by atoms with Gasteiger partial charge in [-0.2, -0.15) is 0 Å². The van der Waals surface area contributed by atoms with E-state index in [9.17, 15) is 4.39 Å². The average molecular weight is 334 g/mol. The Kier molecular flexibility index (Phi) is 5.91. The van der Waals surface area contributed by atoms with Crippen molar-refractivity contribution in [2.45, 2.75) is 25.9 Å². The lowest BCUT2D eigenvalue weighted by Crippen LogP contribution is -2.52. The fraction of sp³-hybridized carbons (Fsp3) is 0.611. The topological polar surface area (TPSA) is 40.1 Å². The van der Waals surface area contributed by atoms with Crippen molar-refractivity contribution in [2.75, 3.05) is 50.8 Å². The number of aliphatic imine (C=N–C) groups is 1. The molecule has 1 unspecified atom stereocenters. The first kappa shape index (κ1) is 17.0. The van der Waals surface area contributed by atoms with Gasteiger partial charge in [-0.1, -0.05) is 0 Å². The van der Waals surface area contributed by atoms with E-state index in [1.807, 2.05) is 12.1 Å². The Morgan fingerprint density at radius 1 is 1.25 bits per heavy atom. The van der Waals surface area contributed by atoms with Gasteiger partial charge in [-0.25, -0.2) is 4.39 Å². The minimum atomic E-state index is -0.187. The van der Waals surface area contributed by atoms with E-state index in [0.717, 1.165) is 70.4 Å². The van der Waals surface area contributed by atoms with E-state index >= 15 is 0 Å². The summed E-state index contributed by atoms with van der Waals surface area (Å²) in [5.74, 6) is 0.792. The van der Waals surface area contributed by atoms with Crippen molar-refractivity contribution in [2.24, 2.45) is 4.99 Å². The van der Waals surface area contributed by atoms with Gasteiger partial charge in [0.05, 0.1) is 12.6 Å². The second-order valence-corrected chi connectivity index (χ2v) is 6.28. The van der Waals surface area contributed by atoms with E-state index in [4.69, 9.17) is 9.73 Å². The molecule has 1 aromatic rings. The molecule has 0 bridgehead atoms. The number of rotatable bonds is 4. The molecule has 132 valence electrons. The van der Waals surface area contributed by atoms with Crippen molar-refractivity contribution in [3.05, 3.63) is 30.1 Å². The highest BCUT2D eigenvalue weighted by molar-refractivity contribution is 5.80. The molecule has 6 heteroatoms. The molecule has 1 atom stereocenters. The van der Waals surface area contributed by atoms with Crippen LogP contribution in [0.5, 0.6) is 0 Å². The molecule has 0 aromatic heterocycles. The molecule has 2 aliphatic heterocycles. The van der Waals surface area contributed by atoms with Crippen LogP contribution in [0.1, 0.15) is 19.8 Å². The number of ether oxygens (including phenoxy) is 1. The molecule has 24 heavy (non-hydrogen) atoms. The third kappa shape index (κ3) is 4.38. The predicted octanol–water partition coefficient (Wildman–Crippen LogP) is 2.09. The Hall–Kier alpha value is -1.82. The minimum absolute atomic E-state index is 0.187. The summed E-state index contributed by atoms with van der Waals surface area (Å²) < 4.78 is 18.7. The molecule has 5 nitrogen and oxygen atoms in total. The summed E-state index contributed by atoms with van der Waals surface area (Å²) >= 11 is 0. The molecular weight excluding hydrogens is 307 g/mol. The normalized spacial score (nSPS) is 22.1. The Morgan fingerprint density at radius 2 is 2.00 bits per heavy atom. The standard InChI is InChI=1S/C18H27FN4O/c1-2-20-18(21-14-17-4-3-13-24-17)23-11-9-22(10-12-23)16-7-5-15(19)6-8-16/h5-8,17H,2-4,9-14H2,1H3,(H,20,21). The molecule has 0 saturated carbocycles. The van der Waals surface area contributed by atoms with Gasteiger partial charge in [0.1, 0.15) is 5.82 Å². The van der Waals surface area contributed by atoms with Crippen molar-refractivity contribution >= 4 is 11.6 Å². The molecule has 1 aromatic carbocycles. The van der Waals surface area contributed by atoms with Gasteiger partial charge in [0.15, 0.2) is 5.96 Å². The summed E-state index contributed by atoms with van der Waals surface area (Å²) in [5.41, 5.74) is 1.08. The first-order valence-electron chi connectivity index (χ1n) is 8.91. The van der Waals surface area contributed by atoms with E-state index in [1.54, 1.807) is 0 Å². The van der Waals surface area contributed by atoms with Crippen LogP contribution in [0, 0.1) is 5.82 Å². The lowest BCUT2D eigenvalue weighted by Gasteiger charge is -2.37. The molecule has 1 N–H and O–H groups in total. The Bertz CT molecular complexity index is 534. The maximum atomic E-state index is 13.1. The molecule has 0 spiro atoms. The third-order valence-corrected chi connectivity index (χ3v) is 4.57. The largest absolute Gasteiger partial charge is 0.376 e. The summed E-state index contributed by atoms with van der Waals surface area (Å²) in [7, 11) is 0. The van der Waals surface area contributed by atoms with Crippen molar-refractivity contribution < 1.29 is 9.13 Å². The monoisotopic (exact) mass is 334 g/mol. The zero-order valence-corrected chi connectivity index (χ0v) is 14.4. The van der Waals surface area contributed by atoms with Crippen molar-refractivity contribution in [3.63, 3.8) is 0 Å². The van der Waals surface area contributed by atoms with E-state index in [-0.39, 0.29) is 11.9 Å². The quantitative estimate of drug-likeness (QED) is 0.676. The predicted molar refractivity (Wildman–Crippen MR) is 95.1 cm³/mol. The van der Waals surface area contributed by atoms with Gasteiger partial charge in [-0.3, -0.25) is 4.99 Å². The van der Waals surface area contributed by atoms with Crippen LogP contribution in [0.3, 0.4) is 0 Å². The summed E-state index contributed by atoms with van der Waals surface area (Å²) in [6, 6.07) is 6.74. The number of hydrogen-bond acceptors (Lipinski definition) is 3. The maximum Gasteiger partial charge on any atom is 0.194 e. The highest BCUT2D eigenvalue weighted by atomic mass is 19.1. The van der Waals surface area contributed by atoms with Crippen LogP contribution < -0.4 is 10.2 Å². The van der Waals surface area contributed by atoms with Crippen LogP contribution >= 0.6 is 0 Å². The van der Waals surface area contributed by atoms with Crippen LogP contribution in [0.4, 0.5) is 10.1 Å². The minimum Gasteiger partial charge on any atom is -0.376 e. The molecule has 2 fully saturated rings. The molecule has 0 aliphatic carbocycles. The fourth-order valence-corrected chi connectivity index (χ4v) is 3.23. The number of nitrogens with one attached hydrogen (secondary N) is 1. The van der Waals surface area contributed by atoms with Crippen LogP contribution in [0.2, 0.25) is 0 Å². The maximum absolute atomic E-state index is 13.1. The van der Waals surface area contributed by atoms with Crippen molar-refractivity contribution in [1.82, 2.24) is 10.2 Å². The van der Waals surface area contributed by atoms with Crippen LogP contribution in [0.15, 0.2) is 29.3 Å². The number of anilines is 1. The Balaban J connectivity index is 1.56. The number of guanidine groups is 1. The van der Waals surface area contributed by atoms with E-state index < -0.39 is 0 Å². The molecule has 2 heterocycles. The number of halogens is 1. The van der Waals surface area contributed by atoms with Gasteiger partial charge < -0.3 is 19.9 Å². The Morgan fingerprint density at radius 3 is 2.62 bits per heavy atom. The van der Waals surface area contributed by atoms with Crippen LogP contribution in [-0.2, 0) is 4.74 Å². The van der Waals surface area contributed by atoms with Gasteiger partial charge in [0.25, 0.3) is 0 Å². The highest BCUT2D eigenvalue weighted by Crippen LogP contribution is 2.17. The third-order valence-electron chi connectivity index (χ3n) is 4.57. The van der Waals surface area contributed by atoms with E-state index in [2.05, 4.69) is 22.0 Å². The van der Waals surface area contributed by atoms with Crippen LogP contribution in [-0.4, -0.2) is 62.8 Å². The SMILES string of the molecule is CCNC(=NCC1CCCO1)N1CCN(c2ccc(F)cc2)CC1. The summed E-state index contributed by atoms with van der Waals surface area (Å²) in [6.07, 6.45) is 2.54. The highest BCUT2D eigenvalue weighted by Gasteiger charge is 2.21. The van der Waals surface area contributed by atoms with Gasteiger partial charge in [0, 0.05) is 45.0 Å². The lowest BCUT2D eigenvalue weighted by molar-refractivity contribution is 0.117. The number of nitrogens with zero attached hydrogens (tertiary/aromatic N) is 3.